The normalized spacial score (nSPS) is 16.3. The number of hydrogen-bond acceptors (Lipinski definition) is 6. The van der Waals surface area contributed by atoms with E-state index in [1.165, 1.54) is 53.1 Å². The summed E-state index contributed by atoms with van der Waals surface area (Å²) in [6.45, 7) is 0.176. The van der Waals surface area contributed by atoms with Gasteiger partial charge in [-0.15, -0.1) is 0 Å². The summed E-state index contributed by atoms with van der Waals surface area (Å²) in [5, 5.41) is 11.4. The van der Waals surface area contributed by atoms with E-state index in [0.717, 1.165) is 5.56 Å². The number of methoxy groups -OCH3 is 1. The minimum Gasteiger partial charge on any atom is -0.497 e. The Morgan fingerprint density at radius 3 is 2.33 bits per heavy atom. The number of benzene rings is 3. The molecule has 36 heavy (non-hydrogen) atoms. The fraction of sp³-hybridized carbons (Fsp3) is 0.154. The lowest BCUT2D eigenvalue weighted by molar-refractivity contribution is -0.128. The Morgan fingerprint density at radius 2 is 1.72 bits per heavy atom. The summed E-state index contributed by atoms with van der Waals surface area (Å²) in [6, 6.07) is 18.6. The number of halogens is 1. The number of hydrogen-bond donors (Lipinski definition) is 2. The van der Waals surface area contributed by atoms with Gasteiger partial charge in [0.25, 0.3) is 0 Å². The van der Waals surface area contributed by atoms with Gasteiger partial charge in [0.15, 0.2) is 5.17 Å². The van der Waals surface area contributed by atoms with Crippen LogP contribution in [-0.2, 0) is 16.1 Å². The Balaban J connectivity index is 1.52. The summed E-state index contributed by atoms with van der Waals surface area (Å²) in [6.07, 6.45) is -0.105. The van der Waals surface area contributed by atoms with Gasteiger partial charge in [-0.25, -0.2) is 14.2 Å². The van der Waals surface area contributed by atoms with Crippen molar-refractivity contribution in [2.75, 3.05) is 12.4 Å². The maximum atomic E-state index is 13.4. The Labute approximate surface area is 210 Å². The van der Waals surface area contributed by atoms with Gasteiger partial charge in [0.05, 0.1) is 24.9 Å². The first-order valence-corrected chi connectivity index (χ1v) is 11.8. The summed E-state index contributed by atoms with van der Waals surface area (Å²) in [5.74, 6) is -1.45. The smallest absolute Gasteiger partial charge is 0.335 e. The lowest BCUT2D eigenvalue weighted by atomic mass is 10.2. The lowest BCUT2D eigenvalue weighted by Crippen LogP contribution is -2.33. The predicted octanol–water partition coefficient (Wildman–Crippen LogP) is 4.69. The predicted molar refractivity (Wildman–Crippen MR) is 135 cm³/mol. The van der Waals surface area contributed by atoms with Gasteiger partial charge in [0.2, 0.25) is 11.8 Å². The number of amidine groups is 1. The molecule has 2 N–H and O–H groups in total. The molecule has 0 bridgehead atoms. The molecule has 2 amide bonds. The third kappa shape index (κ3) is 6.08. The number of ether oxygens (including phenoxy) is 1. The van der Waals surface area contributed by atoms with Crippen molar-refractivity contribution in [2.45, 2.75) is 18.2 Å². The fourth-order valence-electron chi connectivity index (χ4n) is 3.49. The average Bonchev–Trinajstić information content (AvgIpc) is 3.14. The molecule has 0 saturated carbocycles. The molecular formula is C26H22FN3O5S. The van der Waals surface area contributed by atoms with E-state index < -0.39 is 17.1 Å². The Kier molecular flexibility index (Phi) is 7.65. The van der Waals surface area contributed by atoms with E-state index in [0.29, 0.717) is 22.3 Å². The van der Waals surface area contributed by atoms with Crippen LogP contribution in [-0.4, -0.2) is 45.3 Å². The third-order valence-electron chi connectivity index (χ3n) is 5.36. The number of carboxylic acid groups (broad SMARTS) is 1. The number of carbonyl (C=O) groups is 3. The SMILES string of the molecule is COc1ccc(N=C2S[C@H](CC(=O)Nc3ccc(C(=O)O)cc3)C(=O)N2Cc2ccc(F)cc2)cc1. The number of thioether (sulfide) groups is 1. The second-order valence-electron chi connectivity index (χ2n) is 7.88. The van der Waals surface area contributed by atoms with Crippen LogP contribution in [0.4, 0.5) is 15.8 Å². The van der Waals surface area contributed by atoms with Gasteiger partial charge in [-0.2, -0.15) is 0 Å². The standard InChI is InChI=1S/C26H22FN3O5S/c1-35-21-12-10-20(11-13-21)29-26-30(15-16-2-6-18(27)7-3-16)24(32)22(36-26)14-23(31)28-19-8-4-17(5-9-19)25(33)34/h2-13,22H,14-15H2,1H3,(H,28,31)(H,33,34)/t22-/m1/s1. The van der Waals surface area contributed by atoms with Crippen LogP contribution in [0.1, 0.15) is 22.3 Å². The first kappa shape index (κ1) is 24.9. The molecule has 10 heteroatoms. The summed E-state index contributed by atoms with van der Waals surface area (Å²) in [5.41, 5.74) is 1.86. The number of carbonyl (C=O) groups excluding carboxylic acids is 2. The highest BCUT2D eigenvalue weighted by Crippen LogP contribution is 2.33. The number of anilines is 1. The summed E-state index contributed by atoms with van der Waals surface area (Å²) in [7, 11) is 1.56. The quantitative estimate of drug-likeness (QED) is 0.458. The molecule has 3 aromatic rings. The topological polar surface area (TPSA) is 108 Å². The molecule has 1 heterocycles. The molecule has 0 aliphatic carbocycles. The molecule has 1 saturated heterocycles. The minimum absolute atomic E-state index is 0.102. The van der Waals surface area contributed by atoms with Crippen LogP contribution in [0.5, 0.6) is 5.75 Å². The maximum absolute atomic E-state index is 13.4. The van der Waals surface area contributed by atoms with E-state index in [9.17, 15) is 18.8 Å². The minimum atomic E-state index is -1.06. The number of rotatable bonds is 8. The molecular weight excluding hydrogens is 485 g/mol. The number of amides is 2. The first-order chi connectivity index (χ1) is 17.3. The van der Waals surface area contributed by atoms with Crippen molar-refractivity contribution in [3.05, 3.63) is 89.7 Å². The van der Waals surface area contributed by atoms with Crippen LogP contribution in [0.2, 0.25) is 0 Å². The molecule has 184 valence electrons. The summed E-state index contributed by atoms with van der Waals surface area (Å²) >= 11 is 1.18. The fourth-order valence-corrected chi connectivity index (χ4v) is 4.64. The van der Waals surface area contributed by atoms with Gasteiger partial charge < -0.3 is 15.2 Å². The van der Waals surface area contributed by atoms with Gasteiger partial charge in [-0.3, -0.25) is 14.5 Å². The highest BCUT2D eigenvalue weighted by molar-refractivity contribution is 8.15. The number of nitrogens with one attached hydrogen (secondary N) is 1. The van der Waals surface area contributed by atoms with Crippen molar-refractivity contribution in [1.29, 1.82) is 0 Å². The average molecular weight is 508 g/mol. The van der Waals surface area contributed by atoms with Crippen molar-refractivity contribution in [3.8, 4) is 5.75 Å². The second kappa shape index (κ2) is 11.0. The first-order valence-electron chi connectivity index (χ1n) is 10.9. The molecule has 0 aromatic heterocycles. The van der Waals surface area contributed by atoms with E-state index in [1.807, 2.05) is 0 Å². The van der Waals surface area contributed by atoms with Gasteiger partial charge in [0, 0.05) is 12.1 Å². The molecule has 1 fully saturated rings. The van der Waals surface area contributed by atoms with Crippen LogP contribution in [0.15, 0.2) is 77.8 Å². The number of carboxylic acids is 1. The van der Waals surface area contributed by atoms with E-state index in [1.54, 1.807) is 43.5 Å². The molecule has 1 atom stereocenters. The van der Waals surface area contributed by atoms with Crippen molar-refractivity contribution >= 4 is 46.1 Å². The number of aromatic carboxylic acids is 1. The van der Waals surface area contributed by atoms with Crippen molar-refractivity contribution < 1.29 is 28.6 Å². The molecule has 0 spiro atoms. The Hall–Kier alpha value is -4.18. The Morgan fingerprint density at radius 1 is 1.06 bits per heavy atom. The second-order valence-corrected chi connectivity index (χ2v) is 9.05. The zero-order valence-corrected chi connectivity index (χ0v) is 20.0. The van der Waals surface area contributed by atoms with Gasteiger partial charge >= 0.3 is 5.97 Å². The molecule has 1 aliphatic heterocycles. The summed E-state index contributed by atoms with van der Waals surface area (Å²) < 4.78 is 18.5. The van der Waals surface area contributed by atoms with Crippen molar-refractivity contribution in [2.24, 2.45) is 4.99 Å². The molecule has 0 unspecified atom stereocenters. The van der Waals surface area contributed by atoms with Crippen LogP contribution in [0, 0.1) is 5.82 Å². The lowest BCUT2D eigenvalue weighted by Gasteiger charge is -2.16. The molecule has 0 radical (unpaired) electrons. The Bertz CT molecular complexity index is 1290. The summed E-state index contributed by atoms with van der Waals surface area (Å²) in [4.78, 5) is 43.0. The van der Waals surface area contributed by atoms with E-state index in [4.69, 9.17) is 9.84 Å². The highest BCUT2D eigenvalue weighted by atomic mass is 32.2. The van der Waals surface area contributed by atoms with E-state index in [-0.39, 0.29) is 30.3 Å². The van der Waals surface area contributed by atoms with Gasteiger partial charge in [-0.1, -0.05) is 23.9 Å². The molecule has 3 aromatic carbocycles. The van der Waals surface area contributed by atoms with E-state index >= 15 is 0 Å². The largest absolute Gasteiger partial charge is 0.497 e. The van der Waals surface area contributed by atoms with Crippen molar-refractivity contribution in [1.82, 2.24) is 4.90 Å². The van der Waals surface area contributed by atoms with Crippen LogP contribution >= 0.6 is 11.8 Å². The number of aliphatic imine (C=N–C) groups is 1. The molecule has 8 nitrogen and oxygen atoms in total. The van der Waals surface area contributed by atoms with Crippen LogP contribution in [0.25, 0.3) is 0 Å². The zero-order chi connectivity index (χ0) is 25.7. The third-order valence-corrected chi connectivity index (χ3v) is 6.53. The van der Waals surface area contributed by atoms with Crippen LogP contribution in [0.3, 0.4) is 0 Å². The highest BCUT2D eigenvalue weighted by Gasteiger charge is 2.39. The number of nitrogens with zero attached hydrogens (tertiary/aromatic N) is 2. The van der Waals surface area contributed by atoms with Crippen molar-refractivity contribution in [3.63, 3.8) is 0 Å². The monoisotopic (exact) mass is 507 g/mol. The van der Waals surface area contributed by atoms with E-state index in [2.05, 4.69) is 10.3 Å². The zero-order valence-electron chi connectivity index (χ0n) is 19.2. The molecule has 1 aliphatic rings. The van der Waals surface area contributed by atoms with Gasteiger partial charge in [0.1, 0.15) is 16.8 Å². The van der Waals surface area contributed by atoms with Crippen LogP contribution < -0.4 is 10.1 Å². The molecule has 4 rings (SSSR count). The maximum Gasteiger partial charge on any atom is 0.335 e. The van der Waals surface area contributed by atoms with Gasteiger partial charge in [-0.05, 0) is 66.2 Å².